The highest BCUT2D eigenvalue weighted by atomic mass is 35.5. The van der Waals surface area contributed by atoms with Crippen LogP contribution in [-0.4, -0.2) is 35.3 Å². The van der Waals surface area contributed by atoms with Gasteiger partial charge in [0.15, 0.2) is 0 Å². The molecule has 1 aliphatic rings. The van der Waals surface area contributed by atoms with Gasteiger partial charge in [0.05, 0.1) is 14.2 Å². The Balaban J connectivity index is 1.85. The average Bonchev–Trinajstić information content (AvgIpc) is 3.16. The minimum atomic E-state index is 0.304. The average molecular weight is 340 g/mol. The minimum absolute atomic E-state index is 0.304. The van der Waals surface area contributed by atoms with Crippen molar-refractivity contribution in [3.8, 4) is 11.5 Å². The van der Waals surface area contributed by atoms with Crippen LogP contribution in [0.2, 0.25) is 4.34 Å². The maximum absolute atomic E-state index is 6.14. The number of aromatic nitrogens is 2. The summed E-state index contributed by atoms with van der Waals surface area (Å²) in [4.78, 5) is 2.38. The van der Waals surface area contributed by atoms with E-state index in [0.717, 1.165) is 43.1 Å². The zero-order valence-corrected chi connectivity index (χ0v) is 14.2. The monoisotopic (exact) mass is 339 g/mol. The van der Waals surface area contributed by atoms with E-state index in [1.807, 2.05) is 12.1 Å². The van der Waals surface area contributed by atoms with E-state index in [1.54, 1.807) is 14.2 Å². The highest BCUT2D eigenvalue weighted by Gasteiger charge is 2.29. The summed E-state index contributed by atoms with van der Waals surface area (Å²) >= 11 is 7.37. The number of ether oxygens (including phenoxy) is 2. The van der Waals surface area contributed by atoms with Crippen LogP contribution in [0.25, 0.3) is 0 Å². The zero-order chi connectivity index (χ0) is 15.5. The van der Waals surface area contributed by atoms with Gasteiger partial charge in [0.1, 0.15) is 21.5 Å². The van der Waals surface area contributed by atoms with Gasteiger partial charge in [-0.3, -0.25) is 4.90 Å². The molecule has 0 N–H and O–H groups in total. The van der Waals surface area contributed by atoms with Crippen LogP contribution in [0.5, 0.6) is 11.5 Å². The standard InChI is InChI=1S/C15H18ClN3O2S/c1-20-10-5-6-11(14(8-10)21-2)13-4-3-7-19(13)9-12-15(16)22-18-17-12/h5-6,8,13H,3-4,7,9H2,1-2H3/t13-/m0/s1. The summed E-state index contributed by atoms with van der Waals surface area (Å²) in [6.07, 6.45) is 2.24. The van der Waals surface area contributed by atoms with Crippen molar-refractivity contribution in [1.29, 1.82) is 0 Å². The minimum Gasteiger partial charge on any atom is -0.497 e. The van der Waals surface area contributed by atoms with Crippen LogP contribution in [0.1, 0.15) is 30.1 Å². The van der Waals surface area contributed by atoms with Crippen LogP contribution in [0, 0.1) is 0 Å². The summed E-state index contributed by atoms with van der Waals surface area (Å²) in [6, 6.07) is 6.30. The van der Waals surface area contributed by atoms with Gasteiger partial charge >= 0.3 is 0 Å². The van der Waals surface area contributed by atoms with Crippen LogP contribution in [0.3, 0.4) is 0 Å². The number of likely N-dealkylation sites (tertiary alicyclic amines) is 1. The van der Waals surface area contributed by atoms with Crippen molar-refractivity contribution in [2.75, 3.05) is 20.8 Å². The molecule has 0 aliphatic carbocycles. The summed E-state index contributed by atoms with van der Waals surface area (Å²) in [5, 5.41) is 4.12. The SMILES string of the molecule is COc1ccc([C@@H]2CCCN2Cc2nnsc2Cl)c(OC)c1. The molecule has 1 saturated heterocycles. The second-order valence-electron chi connectivity index (χ2n) is 5.23. The lowest BCUT2D eigenvalue weighted by Crippen LogP contribution is -2.23. The van der Waals surface area contributed by atoms with Crippen LogP contribution in [0.4, 0.5) is 0 Å². The Bertz CT molecular complexity index is 649. The van der Waals surface area contributed by atoms with Crippen LogP contribution in [-0.2, 0) is 6.54 Å². The lowest BCUT2D eigenvalue weighted by Gasteiger charge is -2.25. The Morgan fingerprint density at radius 2 is 2.23 bits per heavy atom. The molecule has 0 saturated carbocycles. The molecule has 3 rings (SSSR count). The molecule has 1 aliphatic heterocycles. The Hall–Kier alpha value is -1.37. The molecule has 2 heterocycles. The van der Waals surface area contributed by atoms with Crippen molar-refractivity contribution in [3.63, 3.8) is 0 Å². The summed E-state index contributed by atoms with van der Waals surface area (Å²) < 4.78 is 15.4. The number of benzene rings is 1. The van der Waals surface area contributed by atoms with Gasteiger partial charge in [-0.15, -0.1) is 5.10 Å². The Morgan fingerprint density at radius 3 is 2.91 bits per heavy atom. The third-order valence-electron chi connectivity index (χ3n) is 4.03. The number of rotatable bonds is 5. The predicted molar refractivity (Wildman–Crippen MR) is 86.9 cm³/mol. The smallest absolute Gasteiger partial charge is 0.138 e. The van der Waals surface area contributed by atoms with Crippen molar-refractivity contribution in [2.24, 2.45) is 0 Å². The molecule has 1 atom stereocenters. The van der Waals surface area contributed by atoms with E-state index in [-0.39, 0.29) is 0 Å². The van der Waals surface area contributed by atoms with Gasteiger partial charge in [0.25, 0.3) is 0 Å². The second-order valence-corrected chi connectivity index (χ2v) is 6.59. The van der Waals surface area contributed by atoms with Crippen LogP contribution < -0.4 is 9.47 Å². The van der Waals surface area contributed by atoms with E-state index in [2.05, 4.69) is 20.6 Å². The molecule has 1 fully saturated rings. The molecule has 0 unspecified atom stereocenters. The Kier molecular flexibility index (Phi) is 4.81. The number of halogens is 1. The van der Waals surface area contributed by atoms with E-state index in [0.29, 0.717) is 10.4 Å². The van der Waals surface area contributed by atoms with Crippen LogP contribution in [0.15, 0.2) is 18.2 Å². The fourth-order valence-corrected chi connectivity index (χ4v) is 3.56. The fraction of sp³-hybridized carbons (Fsp3) is 0.467. The van der Waals surface area contributed by atoms with E-state index in [9.17, 15) is 0 Å². The maximum Gasteiger partial charge on any atom is 0.138 e. The zero-order valence-electron chi connectivity index (χ0n) is 12.6. The van der Waals surface area contributed by atoms with Crippen molar-refractivity contribution in [1.82, 2.24) is 14.5 Å². The number of nitrogens with zero attached hydrogens (tertiary/aromatic N) is 3. The van der Waals surface area contributed by atoms with E-state index in [4.69, 9.17) is 21.1 Å². The van der Waals surface area contributed by atoms with E-state index >= 15 is 0 Å². The lowest BCUT2D eigenvalue weighted by molar-refractivity contribution is 0.240. The molecule has 22 heavy (non-hydrogen) atoms. The van der Waals surface area contributed by atoms with Gasteiger partial charge in [0.2, 0.25) is 0 Å². The second kappa shape index (κ2) is 6.81. The fourth-order valence-electron chi connectivity index (χ4n) is 2.94. The van der Waals surface area contributed by atoms with Gasteiger partial charge in [-0.1, -0.05) is 22.2 Å². The van der Waals surface area contributed by atoms with Crippen molar-refractivity contribution < 1.29 is 9.47 Å². The molecule has 2 aromatic rings. The molecule has 5 nitrogen and oxygen atoms in total. The first-order chi connectivity index (χ1) is 10.7. The predicted octanol–water partition coefficient (Wildman–Crippen LogP) is 3.55. The molecule has 7 heteroatoms. The van der Waals surface area contributed by atoms with Gasteiger partial charge in [-0.25, -0.2) is 0 Å². The topological polar surface area (TPSA) is 47.5 Å². The maximum atomic E-state index is 6.14. The first-order valence-corrected chi connectivity index (χ1v) is 8.30. The molecule has 0 bridgehead atoms. The molecule has 118 valence electrons. The molecule has 0 spiro atoms. The normalized spacial score (nSPS) is 18.6. The Labute approximate surface area is 139 Å². The van der Waals surface area contributed by atoms with Gasteiger partial charge in [-0.05, 0) is 25.5 Å². The van der Waals surface area contributed by atoms with Crippen LogP contribution >= 0.6 is 23.1 Å². The number of hydrogen-bond acceptors (Lipinski definition) is 6. The molecular weight excluding hydrogens is 322 g/mol. The molecule has 1 aromatic heterocycles. The van der Waals surface area contributed by atoms with E-state index in [1.165, 1.54) is 17.1 Å². The van der Waals surface area contributed by atoms with Gasteiger partial charge < -0.3 is 9.47 Å². The van der Waals surface area contributed by atoms with Crippen molar-refractivity contribution >= 4 is 23.1 Å². The van der Waals surface area contributed by atoms with E-state index < -0.39 is 0 Å². The molecule has 1 aromatic carbocycles. The lowest BCUT2D eigenvalue weighted by atomic mass is 10.0. The molecule has 0 amide bonds. The summed E-state index contributed by atoms with van der Waals surface area (Å²) in [5.74, 6) is 1.66. The third-order valence-corrected chi connectivity index (χ3v) is 5.01. The number of hydrogen-bond donors (Lipinski definition) is 0. The number of methoxy groups -OCH3 is 2. The molecule has 0 radical (unpaired) electrons. The molecular formula is C15H18ClN3O2S. The Morgan fingerprint density at radius 1 is 1.36 bits per heavy atom. The highest BCUT2D eigenvalue weighted by molar-refractivity contribution is 7.10. The quantitative estimate of drug-likeness (QED) is 0.833. The van der Waals surface area contributed by atoms with Crippen molar-refractivity contribution in [3.05, 3.63) is 33.8 Å². The van der Waals surface area contributed by atoms with Gasteiger partial charge in [0, 0.05) is 35.7 Å². The van der Waals surface area contributed by atoms with Crippen molar-refractivity contribution in [2.45, 2.75) is 25.4 Å². The first-order valence-electron chi connectivity index (χ1n) is 7.15. The van der Waals surface area contributed by atoms with Gasteiger partial charge in [-0.2, -0.15) is 0 Å². The largest absolute Gasteiger partial charge is 0.497 e. The summed E-state index contributed by atoms with van der Waals surface area (Å²) in [5.41, 5.74) is 2.03. The highest BCUT2D eigenvalue weighted by Crippen LogP contribution is 2.39. The third kappa shape index (κ3) is 3.04. The summed E-state index contributed by atoms with van der Waals surface area (Å²) in [6.45, 7) is 1.74. The first kappa shape index (κ1) is 15.5. The summed E-state index contributed by atoms with van der Waals surface area (Å²) in [7, 11) is 3.35.